The minimum absolute atomic E-state index is 0.360. The average molecular weight is 266 g/mol. The Balaban J connectivity index is 3.09. The Labute approximate surface area is 120 Å². The summed E-state index contributed by atoms with van der Waals surface area (Å²) in [5, 5.41) is 8.66. The number of rotatable bonds is 14. The maximum Gasteiger partial charge on any atom is 0.0431 e. The van der Waals surface area contributed by atoms with Gasteiger partial charge in [-0.05, 0) is 25.7 Å². The first-order valence-corrected chi connectivity index (χ1v) is 8.34. The fourth-order valence-electron chi connectivity index (χ4n) is 2.11. The summed E-state index contributed by atoms with van der Waals surface area (Å²) >= 11 is 0. The third-order valence-corrected chi connectivity index (χ3v) is 3.39. The molecule has 0 fully saturated rings. The molecule has 0 saturated heterocycles. The fourth-order valence-corrected chi connectivity index (χ4v) is 2.11. The van der Waals surface area contributed by atoms with Gasteiger partial charge in [0.25, 0.3) is 0 Å². The number of unbranched alkanes of at least 4 members (excludes halogenated alkanes) is 10. The van der Waals surface area contributed by atoms with Crippen molar-refractivity contribution in [1.82, 2.24) is 0 Å². The molecular formula is C18H34O. The lowest BCUT2D eigenvalue weighted by Crippen LogP contribution is -1.84. The molecule has 0 radical (unpaired) electrons. The Hall–Kier alpha value is -0.560. The van der Waals surface area contributed by atoms with E-state index in [1.54, 1.807) is 0 Å². The van der Waals surface area contributed by atoms with Crippen LogP contribution in [0.25, 0.3) is 0 Å². The van der Waals surface area contributed by atoms with Crippen LogP contribution in [0.5, 0.6) is 0 Å². The summed E-state index contributed by atoms with van der Waals surface area (Å²) in [6.45, 7) is 2.59. The van der Waals surface area contributed by atoms with Crippen molar-refractivity contribution < 1.29 is 5.11 Å². The summed E-state index contributed by atoms with van der Waals surface area (Å²) in [5.41, 5.74) is 0. The third kappa shape index (κ3) is 17.4. The number of hydrogen-bond donors (Lipinski definition) is 1. The van der Waals surface area contributed by atoms with Gasteiger partial charge in [0.15, 0.2) is 0 Å². The van der Waals surface area contributed by atoms with E-state index in [2.05, 4.69) is 31.2 Å². The van der Waals surface area contributed by atoms with Gasteiger partial charge in [-0.2, -0.15) is 0 Å². The number of hydrogen-bond acceptors (Lipinski definition) is 1. The topological polar surface area (TPSA) is 20.2 Å². The molecule has 0 heterocycles. The Morgan fingerprint density at radius 3 is 1.63 bits per heavy atom. The van der Waals surface area contributed by atoms with Gasteiger partial charge in [0.05, 0.1) is 0 Å². The van der Waals surface area contributed by atoms with Crippen molar-refractivity contribution in [2.45, 2.75) is 84.0 Å². The summed E-state index contributed by atoms with van der Waals surface area (Å²) in [5.74, 6) is 0. The second-order valence-electron chi connectivity index (χ2n) is 5.34. The molecule has 0 spiro atoms. The maximum absolute atomic E-state index is 8.66. The van der Waals surface area contributed by atoms with Crippen molar-refractivity contribution in [1.29, 1.82) is 0 Å². The Morgan fingerprint density at radius 1 is 0.632 bits per heavy atom. The summed E-state index contributed by atoms with van der Waals surface area (Å²) < 4.78 is 0. The van der Waals surface area contributed by atoms with Crippen LogP contribution in [-0.2, 0) is 0 Å². The Bertz CT molecular complexity index is 206. The van der Waals surface area contributed by atoms with Crippen LogP contribution in [0.15, 0.2) is 24.3 Å². The van der Waals surface area contributed by atoms with Crippen LogP contribution < -0.4 is 0 Å². The highest BCUT2D eigenvalue weighted by molar-refractivity contribution is 5.02. The van der Waals surface area contributed by atoms with Crippen LogP contribution in [0.4, 0.5) is 0 Å². The van der Waals surface area contributed by atoms with Crippen LogP contribution in [-0.4, -0.2) is 11.7 Å². The molecule has 0 aliphatic heterocycles. The van der Waals surface area contributed by atoms with Crippen molar-refractivity contribution in [2.24, 2.45) is 0 Å². The Kier molecular flexibility index (Phi) is 16.9. The highest BCUT2D eigenvalue weighted by atomic mass is 16.2. The summed E-state index contributed by atoms with van der Waals surface area (Å²) in [6, 6.07) is 0. The molecule has 112 valence electrons. The monoisotopic (exact) mass is 266 g/mol. The maximum atomic E-state index is 8.66. The second kappa shape index (κ2) is 17.4. The fraction of sp³-hybridized carbons (Fsp3) is 0.778. The molecule has 1 heteroatoms. The van der Waals surface area contributed by atoms with Gasteiger partial charge in [-0.25, -0.2) is 0 Å². The molecule has 0 bridgehead atoms. The molecule has 0 unspecified atom stereocenters. The molecule has 1 nitrogen and oxygen atoms in total. The number of aliphatic hydroxyl groups excluding tert-OH is 1. The highest BCUT2D eigenvalue weighted by Gasteiger charge is 1.91. The molecule has 19 heavy (non-hydrogen) atoms. The lowest BCUT2D eigenvalue weighted by atomic mass is 10.1. The molecule has 0 amide bonds. The number of allylic oxidation sites excluding steroid dienone is 4. The molecule has 0 saturated carbocycles. The molecule has 0 rings (SSSR count). The largest absolute Gasteiger partial charge is 0.396 e. The van der Waals surface area contributed by atoms with E-state index in [-0.39, 0.29) is 0 Å². The van der Waals surface area contributed by atoms with E-state index in [9.17, 15) is 0 Å². The van der Waals surface area contributed by atoms with E-state index < -0.39 is 0 Å². The van der Waals surface area contributed by atoms with Crippen LogP contribution >= 0.6 is 0 Å². The SMILES string of the molecule is CCCC/C=C\C=C/CCCCCCCCCCO. The van der Waals surface area contributed by atoms with Crippen LogP contribution in [0.1, 0.15) is 84.0 Å². The molecule has 0 aromatic carbocycles. The van der Waals surface area contributed by atoms with Gasteiger partial charge in [-0.15, -0.1) is 0 Å². The van der Waals surface area contributed by atoms with E-state index in [0.717, 1.165) is 6.42 Å². The van der Waals surface area contributed by atoms with Crippen molar-refractivity contribution in [3.05, 3.63) is 24.3 Å². The van der Waals surface area contributed by atoms with Crippen molar-refractivity contribution in [3.8, 4) is 0 Å². The molecule has 0 atom stereocenters. The highest BCUT2D eigenvalue weighted by Crippen LogP contribution is 2.09. The zero-order valence-electron chi connectivity index (χ0n) is 12.9. The predicted molar refractivity (Wildman–Crippen MR) is 86.4 cm³/mol. The number of aliphatic hydroxyl groups is 1. The van der Waals surface area contributed by atoms with Gasteiger partial charge in [0.2, 0.25) is 0 Å². The van der Waals surface area contributed by atoms with Gasteiger partial charge in [-0.3, -0.25) is 0 Å². The van der Waals surface area contributed by atoms with Crippen LogP contribution in [0.3, 0.4) is 0 Å². The van der Waals surface area contributed by atoms with Crippen molar-refractivity contribution in [3.63, 3.8) is 0 Å². The summed E-state index contributed by atoms with van der Waals surface area (Å²) in [7, 11) is 0. The van der Waals surface area contributed by atoms with Gasteiger partial charge >= 0.3 is 0 Å². The molecule has 0 aromatic heterocycles. The third-order valence-electron chi connectivity index (χ3n) is 3.39. The quantitative estimate of drug-likeness (QED) is 0.311. The average Bonchev–Trinajstić information content (AvgIpc) is 2.43. The standard InChI is InChI=1S/C18H34O/c1-2-3-4-5-6-7-8-9-10-11-12-13-14-15-16-17-18-19/h5-8,19H,2-4,9-18H2,1H3/b6-5-,8-7-. The van der Waals surface area contributed by atoms with E-state index in [0.29, 0.717) is 6.61 Å². The zero-order valence-corrected chi connectivity index (χ0v) is 12.9. The smallest absolute Gasteiger partial charge is 0.0431 e. The van der Waals surface area contributed by atoms with Gasteiger partial charge in [0, 0.05) is 6.61 Å². The van der Waals surface area contributed by atoms with E-state index >= 15 is 0 Å². The zero-order chi connectivity index (χ0) is 14.0. The van der Waals surface area contributed by atoms with E-state index in [4.69, 9.17) is 5.11 Å². The molecular weight excluding hydrogens is 232 g/mol. The normalized spacial score (nSPS) is 11.9. The Morgan fingerprint density at radius 2 is 1.11 bits per heavy atom. The van der Waals surface area contributed by atoms with Crippen molar-refractivity contribution in [2.75, 3.05) is 6.61 Å². The van der Waals surface area contributed by atoms with Crippen LogP contribution in [0.2, 0.25) is 0 Å². The lowest BCUT2D eigenvalue weighted by molar-refractivity contribution is 0.282. The first-order chi connectivity index (χ1) is 9.41. The minimum Gasteiger partial charge on any atom is -0.396 e. The first kappa shape index (κ1) is 18.4. The molecule has 1 N–H and O–H groups in total. The van der Waals surface area contributed by atoms with Crippen LogP contribution in [0, 0.1) is 0 Å². The molecule has 0 aliphatic carbocycles. The summed E-state index contributed by atoms with van der Waals surface area (Å²) in [4.78, 5) is 0. The van der Waals surface area contributed by atoms with E-state index in [1.165, 1.54) is 70.6 Å². The summed E-state index contributed by atoms with van der Waals surface area (Å²) in [6.07, 6.45) is 24.2. The van der Waals surface area contributed by atoms with E-state index in [1.807, 2.05) is 0 Å². The lowest BCUT2D eigenvalue weighted by Gasteiger charge is -2.00. The second-order valence-corrected chi connectivity index (χ2v) is 5.34. The predicted octanol–water partition coefficient (Wildman–Crippen LogP) is 5.79. The molecule has 0 aromatic rings. The van der Waals surface area contributed by atoms with Gasteiger partial charge < -0.3 is 5.11 Å². The van der Waals surface area contributed by atoms with Gasteiger partial charge in [0.1, 0.15) is 0 Å². The first-order valence-electron chi connectivity index (χ1n) is 8.34. The van der Waals surface area contributed by atoms with Gasteiger partial charge in [-0.1, -0.05) is 82.6 Å². The molecule has 0 aliphatic rings. The minimum atomic E-state index is 0.360. The van der Waals surface area contributed by atoms with Crippen molar-refractivity contribution >= 4 is 0 Å².